The molecule has 0 atom stereocenters. The van der Waals surface area contributed by atoms with Crippen LogP contribution in [0.5, 0.6) is 0 Å². The Kier molecular flexibility index (Phi) is 6.48. The van der Waals surface area contributed by atoms with Crippen molar-refractivity contribution < 1.29 is 9.72 Å². The second-order valence-electron chi connectivity index (χ2n) is 7.09. The molecule has 0 aliphatic heterocycles. The molecule has 0 unspecified atom stereocenters. The molecule has 3 rings (SSSR count). The van der Waals surface area contributed by atoms with Gasteiger partial charge in [-0.1, -0.05) is 42.5 Å². The van der Waals surface area contributed by atoms with Gasteiger partial charge >= 0.3 is 0 Å². The molecule has 8 heteroatoms. The van der Waals surface area contributed by atoms with Crippen molar-refractivity contribution in [3.8, 4) is 22.6 Å². The van der Waals surface area contributed by atoms with Crippen molar-refractivity contribution in [1.82, 2.24) is 20.2 Å². The Morgan fingerprint density at radius 1 is 1.07 bits per heavy atom. The highest BCUT2D eigenvalue weighted by Crippen LogP contribution is 2.29. The van der Waals surface area contributed by atoms with Crippen LogP contribution in [0.3, 0.4) is 0 Å². The molecule has 154 valence electrons. The summed E-state index contributed by atoms with van der Waals surface area (Å²) in [6.07, 6.45) is 0. The predicted octanol–water partition coefficient (Wildman–Crippen LogP) is 3.32. The van der Waals surface area contributed by atoms with Crippen molar-refractivity contribution in [3.05, 3.63) is 76.0 Å². The average molecular weight is 405 g/mol. The lowest BCUT2D eigenvalue weighted by atomic mass is 10.0. The van der Waals surface area contributed by atoms with E-state index in [0.29, 0.717) is 41.4 Å². The van der Waals surface area contributed by atoms with Crippen molar-refractivity contribution in [1.29, 1.82) is 0 Å². The lowest BCUT2D eigenvalue weighted by molar-refractivity contribution is -0.384. The van der Waals surface area contributed by atoms with Crippen molar-refractivity contribution in [3.63, 3.8) is 0 Å². The quantitative estimate of drug-likeness (QED) is 0.478. The van der Waals surface area contributed by atoms with Gasteiger partial charge in [-0.25, -0.2) is 9.97 Å². The Bertz CT molecular complexity index is 1070. The molecule has 0 bridgehead atoms. The molecule has 1 N–H and O–H groups in total. The second-order valence-corrected chi connectivity index (χ2v) is 7.09. The van der Waals surface area contributed by atoms with Crippen LogP contribution in [0.15, 0.2) is 54.6 Å². The zero-order chi connectivity index (χ0) is 21.7. The van der Waals surface area contributed by atoms with Crippen molar-refractivity contribution in [2.45, 2.75) is 6.92 Å². The third-order valence-corrected chi connectivity index (χ3v) is 4.52. The van der Waals surface area contributed by atoms with E-state index < -0.39 is 4.92 Å². The maximum atomic E-state index is 13.0. The Morgan fingerprint density at radius 3 is 2.43 bits per heavy atom. The number of nitro benzene ring substituents is 1. The summed E-state index contributed by atoms with van der Waals surface area (Å²) in [6.45, 7) is 2.88. The number of nitrogens with one attached hydrogen (secondary N) is 1. The van der Waals surface area contributed by atoms with Crippen LogP contribution in [0.25, 0.3) is 22.6 Å². The minimum atomic E-state index is -0.466. The van der Waals surface area contributed by atoms with Crippen LogP contribution in [0.1, 0.15) is 16.1 Å². The molecule has 0 saturated carbocycles. The molecule has 0 spiro atoms. The average Bonchev–Trinajstić information content (AvgIpc) is 2.73. The highest BCUT2D eigenvalue weighted by atomic mass is 16.6. The van der Waals surface area contributed by atoms with Crippen molar-refractivity contribution in [2.24, 2.45) is 0 Å². The minimum absolute atomic E-state index is 0.0657. The fourth-order valence-corrected chi connectivity index (χ4v) is 3.02. The van der Waals surface area contributed by atoms with Crippen LogP contribution in [-0.4, -0.2) is 52.9 Å². The van der Waals surface area contributed by atoms with E-state index in [1.165, 1.54) is 12.1 Å². The van der Waals surface area contributed by atoms with Gasteiger partial charge in [-0.05, 0) is 21.0 Å². The maximum absolute atomic E-state index is 13.0. The number of rotatable bonds is 7. The van der Waals surface area contributed by atoms with Crippen LogP contribution in [0.2, 0.25) is 0 Å². The van der Waals surface area contributed by atoms with Crippen LogP contribution in [-0.2, 0) is 0 Å². The van der Waals surface area contributed by atoms with Gasteiger partial charge in [-0.2, -0.15) is 0 Å². The fraction of sp³-hybridized carbons (Fsp3) is 0.227. The van der Waals surface area contributed by atoms with E-state index >= 15 is 0 Å². The smallest absolute Gasteiger partial charge is 0.270 e. The number of benzene rings is 2. The first kappa shape index (κ1) is 21.1. The molecule has 3 aromatic rings. The first-order chi connectivity index (χ1) is 14.4. The molecule has 30 heavy (non-hydrogen) atoms. The van der Waals surface area contributed by atoms with Crippen LogP contribution in [0, 0.1) is 17.0 Å². The number of hydrogen-bond acceptors (Lipinski definition) is 6. The van der Waals surface area contributed by atoms with E-state index in [1.54, 1.807) is 19.1 Å². The molecular formula is C22H23N5O3. The van der Waals surface area contributed by atoms with Gasteiger partial charge in [-0.15, -0.1) is 0 Å². The van der Waals surface area contributed by atoms with Crippen LogP contribution >= 0.6 is 0 Å². The molecular weight excluding hydrogens is 382 g/mol. The lowest BCUT2D eigenvalue weighted by Crippen LogP contribution is -2.32. The zero-order valence-corrected chi connectivity index (χ0v) is 17.1. The topological polar surface area (TPSA) is 101 Å². The van der Waals surface area contributed by atoms with E-state index in [1.807, 2.05) is 49.3 Å². The van der Waals surface area contributed by atoms with Gasteiger partial charge in [0, 0.05) is 36.3 Å². The van der Waals surface area contributed by atoms with Gasteiger partial charge in [0.15, 0.2) is 5.82 Å². The number of carbonyl (C=O) groups excluding carboxylic acids is 1. The number of amides is 1. The summed E-state index contributed by atoms with van der Waals surface area (Å²) in [6, 6.07) is 15.5. The normalized spacial score (nSPS) is 10.8. The Morgan fingerprint density at radius 2 is 1.77 bits per heavy atom. The molecule has 8 nitrogen and oxygen atoms in total. The van der Waals surface area contributed by atoms with E-state index in [4.69, 9.17) is 0 Å². The Hall–Kier alpha value is -3.65. The summed E-state index contributed by atoms with van der Waals surface area (Å²) in [5.74, 6) is 0.148. The number of non-ortho nitro benzene ring substituents is 1. The largest absolute Gasteiger partial charge is 0.351 e. The van der Waals surface area contributed by atoms with Crippen molar-refractivity contribution in [2.75, 3.05) is 27.2 Å². The van der Waals surface area contributed by atoms with Crippen molar-refractivity contribution >= 4 is 11.6 Å². The predicted molar refractivity (Wildman–Crippen MR) is 115 cm³/mol. The van der Waals surface area contributed by atoms with E-state index in [9.17, 15) is 14.9 Å². The summed E-state index contributed by atoms with van der Waals surface area (Å²) in [5.41, 5.74) is 2.41. The Balaban J connectivity index is 2.12. The molecule has 1 amide bonds. The number of aromatic nitrogens is 2. The van der Waals surface area contributed by atoms with Gasteiger partial charge in [0.1, 0.15) is 0 Å². The number of nitrogens with zero attached hydrogens (tertiary/aromatic N) is 4. The van der Waals surface area contributed by atoms with E-state index in [0.717, 1.165) is 5.56 Å². The van der Waals surface area contributed by atoms with Gasteiger partial charge < -0.3 is 10.2 Å². The summed E-state index contributed by atoms with van der Waals surface area (Å²) >= 11 is 0. The third-order valence-electron chi connectivity index (χ3n) is 4.52. The Labute approximate surface area is 174 Å². The summed E-state index contributed by atoms with van der Waals surface area (Å²) in [4.78, 5) is 34.9. The summed E-state index contributed by atoms with van der Waals surface area (Å²) < 4.78 is 0. The summed E-state index contributed by atoms with van der Waals surface area (Å²) in [7, 11) is 3.84. The molecule has 1 aromatic heterocycles. The van der Waals surface area contributed by atoms with Gasteiger partial charge in [0.2, 0.25) is 0 Å². The molecule has 0 radical (unpaired) electrons. The van der Waals surface area contributed by atoms with Crippen LogP contribution < -0.4 is 5.32 Å². The molecule has 2 aromatic carbocycles. The third kappa shape index (κ3) is 4.84. The monoisotopic (exact) mass is 405 g/mol. The number of nitro groups is 1. The van der Waals surface area contributed by atoms with E-state index in [2.05, 4.69) is 15.3 Å². The summed E-state index contributed by atoms with van der Waals surface area (Å²) in [5, 5.41) is 14.1. The number of hydrogen-bond donors (Lipinski definition) is 1. The lowest BCUT2D eigenvalue weighted by Gasteiger charge is -2.15. The van der Waals surface area contributed by atoms with E-state index in [-0.39, 0.29) is 11.6 Å². The highest BCUT2D eigenvalue weighted by Gasteiger charge is 2.21. The first-order valence-electron chi connectivity index (χ1n) is 9.48. The number of aryl methyl sites for hydroxylation is 1. The van der Waals surface area contributed by atoms with Gasteiger partial charge in [0.25, 0.3) is 11.6 Å². The fourth-order valence-electron chi connectivity index (χ4n) is 3.02. The molecule has 1 heterocycles. The molecule has 0 saturated heterocycles. The first-order valence-corrected chi connectivity index (χ1v) is 9.48. The minimum Gasteiger partial charge on any atom is -0.351 e. The molecule has 0 fully saturated rings. The van der Waals surface area contributed by atoms with Gasteiger partial charge in [-0.3, -0.25) is 14.9 Å². The number of carbonyl (C=O) groups is 1. The SMILES string of the molecule is Cc1nc(-c2ccccc2)nc(-c2cccc([N+](=O)[O-])c2)c1C(=O)NCCN(C)C. The highest BCUT2D eigenvalue weighted by molar-refractivity contribution is 6.01. The number of likely N-dealkylation sites (N-methyl/N-ethyl adjacent to an activating group) is 1. The standard InChI is InChI=1S/C22H23N5O3/c1-15-19(22(28)23-12-13-26(2)3)20(17-10-7-11-18(14-17)27(29)30)25-21(24-15)16-8-5-4-6-9-16/h4-11,14H,12-13H2,1-3H3,(H,23,28). The maximum Gasteiger partial charge on any atom is 0.270 e. The molecule has 0 aliphatic carbocycles. The zero-order valence-electron chi connectivity index (χ0n) is 17.1. The van der Waals surface area contributed by atoms with Crippen LogP contribution in [0.4, 0.5) is 5.69 Å². The second kappa shape index (κ2) is 9.23. The molecule has 0 aliphatic rings. The van der Waals surface area contributed by atoms with Gasteiger partial charge in [0.05, 0.1) is 21.9 Å².